The molecule has 0 aliphatic carbocycles. The lowest BCUT2D eigenvalue weighted by molar-refractivity contribution is 0.179. The third-order valence-corrected chi connectivity index (χ3v) is 4.02. The van der Waals surface area contributed by atoms with Crippen molar-refractivity contribution in [2.24, 2.45) is 7.05 Å². The van der Waals surface area contributed by atoms with E-state index in [0.717, 1.165) is 35.9 Å². The highest BCUT2D eigenvalue weighted by molar-refractivity contribution is 5.54. The minimum atomic E-state index is 0.343. The van der Waals surface area contributed by atoms with Crippen LogP contribution < -0.4 is 0 Å². The quantitative estimate of drug-likeness (QED) is 0.841. The SMILES string of the molecule is Cc1cc(-c2ccnn2C)nc(C2CCCCN2C)n1. The lowest BCUT2D eigenvalue weighted by atomic mass is 10.0. The summed E-state index contributed by atoms with van der Waals surface area (Å²) in [6, 6.07) is 4.37. The second-order valence-corrected chi connectivity index (χ2v) is 5.59. The number of hydrogen-bond donors (Lipinski definition) is 0. The molecule has 2 aromatic rings. The summed E-state index contributed by atoms with van der Waals surface area (Å²) < 4.78 is 1.86. The molecule has 0 N–H and O–H groups in total. The van der Waals surface area contributed by atoms with Gasteiger partial charge in [-0.15, -0.1) is 0 Å². The second kappa shape index (κ2) is 5.32. The predicted octanol–water partition coefficient (Wildman–Crippen LogP) is 2.34. The van der Waals surface area contributed by atoms with Gasteiger partial charge in [-0.1, -0.05) is 6.42 Å². The number of aromatic nitrogens is 4. The van der Waals surface area contributed by atoms with Crippen LogP contribution in [0.25, 0.3) is 11.4 Å². The van der Waals surface area contributed by atoms with Crippen LogP contribution in [0.5, 0.6) is 0 Å². The van der Waals surface area contributed by atoms with Gasteiger partial charge in [-0.25, -0.2) is 9.97 Å². The first-order valence-corrected chi connectivity index (χ1v) is 7.19. The highest BCUT2D eigenvalue weighted by Crippen LogP contribution is 2.28. The van der Waals surface area contributed by atoms with E-state index in [1.54, 1.807) is 6.20 Å². The summed E-state index contributed by atoms with van der Waals surface area (Å²) in [6.45, 7) is 3.16. The van der Waals surface area contributed by atoms with Crippen LogP contribution in [0, 0.1) is 6.92 Å². The van der Waals surface area contributed by atoms with Crippen LogP contribution in [0.3, 0.4) is 0 Å². The minimum absolute atomic E-state index is 0.343. The van der Waals surface area contributed by atoms with Gasteiger partial charge in [0.25, 0.3) is 0 Å². The van der Waals surface area contributed by atoms with E-state index in [-0.39, 0.29) is 0 Å². The van der Waals surface area contributed by atoms with Crippen LogP contribution >= 0.6 is 0 Å². The molecule has 2 aromatic heterocycles. The molecule has 5 heteroatoms. The maximum Gasteiger partial charge on any atom is 0.146 e. The Morgan fingerprint density at radius 2 is 2.05 bits per heavy atom. The first-order valence-electron chi connectivity index (χ1n) is 7.19. The van der Waals surface area contributed by atoms with Crippen molar-refractivity contribution >= 4 is 0 Å². The van der Waals surface area contributed by atoms with E-state index in [0.29, 0.717) is 6.04 Å². The molecule has 3 rings (SSSR count). The number of likely N-dealkylation sites (tertiary alicyclic amines) is 1. The number of hydrogen-bond acceptors (Lipinski definition) is 4. The van der Waals surface area contributed by atoms with Gasteiger partial charge in [-0.2, -0.15) is 5.10 Å². The number of aryl methyl sites for hydroxylation is 2. The maximum absolute atomic E-state index is 4.80. The largest absolute Gasteiger partial charge is 0.296 e. The lowest BCUT2D eigenvalue weighted by Gasteiger charge is -2.31. The number of nitrogens with zero attached hydrogens (tertiary/aromatic N) is 5. The molecule has 1 aliphatic heterocycles. The Balaban J connectivity index is 2.00. The van der Waals surface area contributed by atoms with Gasteiger partial charge in [-0.3, -0.25) is 9.58 Å². The van der Waals surface area contributed by atoms with Crippen LogP contribution in [-0.2, 0) is 7.05 Å². The van der Waals surface area contributed by atoms with Crippen LogP contribution in [-0.4, -0.2) is 38.2 Å². The summed E-state index contributed by atoms with van der Waals surface area (Å²) in [5.41, 5.74) is 3.02. The fourth-order valence-corrected chi connectivity index (χ4v) is 2.90. The molecule has 3 heterocycles. The van der Waals surface area contributed by atoms with E-state index in [2.05, 4.69) is 22.0 Å². The summed E-state index contributed by atoms with van der Waals surface area (Å²) in [5, 5.41) is 4.23. The molecule has 0 spiro atoms. The average molecular weight is 271 g/mol. The Morgan fingerprint density at radius 3 is 2.75 bits per heavy atom. The van der Waals surface area contributed by atoms with Crippen LogP contribution in [0.2, 0.25) is 0 Å². The van der Waals surface area contributed by atoms with Gasteiger partial charge in [0.05, 0.1) is 17.4 Å². The van der Waals surface area contributed by atoms with E-state index in [9.17, 15) is 0 Å². The molecule has 1 unspecified atom stereocenters. The smallest absolute Gasteiger partial charge is 0.146 e. The van der Waals surface area contributed by atoms with E-state index < -0.39 is 0 Å². The average Bonchev–Trinajstić information content (AvgIpc) is 2.85. The topological polar surface area (TPSA) is 46.8 Å². The third-order valence-electron chi connectivity index (χ3n) is 4.02. The van der Waals surface area contributed by atoms with Gasteiger partial charge in [0.1, 0.15) is 5.82 Å². The highest BCUT2D eigenvalue weighted by atomic mass is 15.3. The maximum atomic E-state index is 4.80. The first kappa shape index (κ1) is 13.2. The first-order chi connectivity index (χ1) is 9.65. The number of rotatable bonds is 2. The molecular formula is C15H21N5. The Bertz CT molecular complexity index is 604. The van der Waals surface area contributed by atoms with Gasteiger partial charge in [-0.05, 0) is 45.5 Å². The summed E-state index contributed by atoms with van der Waals surface area (Å²) in [6.07, 6.45) is 5.48. The van der Waals surface area contributed by atoms with E-state index in [4.69, 9.17) is 4.98 Å². The van der Waals surface area contributed by atoms with Crippen LogP contribution in [0.4, 0.5) is 0 Å². The molecule has 1 fully saturated rings. The molecule has 0 aromatic carbocycles. The molecule has 106 valence electrons. The summed E-state index contributed by atoms with van der Waals surface area (Å²) in [7, 11) is 4.11. The van der Waals surface area contributed by atoms with Gasteiger partial charge in [0.2, 0.25) is 0 Å². The van der Waals surface area contributed by atoms with Crippen molar-refractivity contribution in [2.45, 2.75) is 32.2 Å². The molecule has 0 bridgehead atoms. The molecule has 0 radical (unpaired) electrons. The molecule has 1 aliphatic rings. The fourth-order valence-electron chi connectivity index (χ4n) is 2.90. The van der Waals surface area contributed by atoms with Crippen LogP contribution in [0.1, 0.15) is 36.8 Å². The van der Waals surface area contributed by atoms with Gasteiger partial charge < -0.3 is 0 Å². The second-order valence-electron chi connectivity index (χ2n) is 5.59. The van der Waals surface area contributed by atoms with Crippen molar-refractivity contribution in [3.05, 3.63) is 29.8 Å². The standard InChI is InChI=1S/C15H21N5/c1-11-10-12(13-7-8-16-20(13)3)18-15(17-11)14-6-4-5-9-19(14)2/h7-8,10,14H,4-6,9H2,1-3H3. The van der Waals surface area contributed by atoms with Crippen molar-refractivity contribution in [3.63, 3.8) is 0 Å². The Kier molecular flexibility index (Phi) is 3.53. The normalized spacial score (nSPS) is 20.2. The fraction of sp³-hybridized carbons (Fsp3) is 0.533. The summed E-state index contributed by atoms with van der Waals surface area (Å²) >= 11 is 0. The molecule has 20 heavy (non-hydrogen) atoms. The minimum Gasteiger partial charge on any atom is -0.296 e. The van der Waals surface area contributed by atoms with Crippen molar-refractivity contribution in [3.8, 4) is 11.4 Å². The lowest BCUT2D eigenvalue weighted by Crippen LogP contribution is -2.31. The van der Waals surface area contributed by atoms with E-state index in [1.165, 1.54) is 12.8 Å². The number of piperidine rings is 1. The van der Waals surface area contributed by atoms with Crippen LogP contribution in [0.15, 0.2) is 18.3 Å². The van der Waals surface area contributed by atoms with Gasteiger partial charge >= 0.3 is 0 Å². The third kappa shape index (κ3) is 2.45. The molecular weight excluding hydrogens is 250 g/mol. The van der Waals surface area contributed by atoms with Crippen molar-refractivity contribution < 1.29 is 0 Å². The molecule has 5 nitrogen and oxygen atoms in total. The zero-order valence-corrected chi connectivity index (χ0v) is 12.4. The zero-order chi connectivity index (χ0) is 14.1. The Morgan fingerprint density at radius 1 is 1.20 bits per heavy atom. The molecule has 1 atom stereocenters. The van der Waals surface area contributed by atoms with E-state index in [1.807, 2.05) is 30.8 Å². The zero-order valence-electron chi connectivity index (χ0n) is 12.4. The van der Waals surface area contributed by atoms with Crippen molar-refractivity contribution in [1.82, 2.24) is 24.6 Å². The molecule has 1 saturated heterocycles. The molecule has 0 saturated carbocycles. The summed E-state index contributed by atoms with van der Waals surface area (Å²) in [4.78, 5) is 11.8. The molecule has 0 amide bonds. The van der Waals surface area contributed by atoms with Crippen molar-refractivity contribution in [2.75, 3.05) is 13.6 Å². The Labute approximate surface area is 119 Å². The highest BCUT2D eigenvalue weighted by Gasteiger charge is 2.24. The Hall–Kier alpha value is -1.75. The van der Waals surface area contributed by atoms with Gasteiger partial charge in [0.15, 0.2) is 0 Å². The predicted molar refractivity (Wildman–Crippen MR) is 78.2 cm³/mol. The van der Waals surface area contributed by atoms with Crippen molar-refractivity contribution in [1.29, 1.82) is 0 Å². The monoisotopic (exact) mass is 271 g/mol. The summed E-state index contributed by atoms with van der Waals surface area (Å²) in [5.74, 6) is 0.948. The van der Waals surface area contributed by atoms with Gasteiger partial charge in [0, 0.05) is 18.9 Å². The van der Waals surface area contributed by atoms with E-state index >= 15 is 0 Å².